The van der Waals surface area contributed by atoms with E-state index < -0.39 is 11.8 Å². The van der Waals surface area contributed by atoms with Crippen LogP contribution in [-0.2, 0) is 0 Å². The standard InChI is InChI=1S/C20H20ClFN6O/c1-3-23-18-11-19(25-12(2)24-18)26-13-4-6-14(7-5-13)27-20(29)28-15-8-9-17(22)16(21)10-15/h4-11H,3H2,1-2H3,(H2,27,28,29)(H2,23,24,25,26). The molecule has 0 spiro atoms. The summed E-state index contributed by atoms with van der Waals surface area (Å²) in [5.41, 5.74) is 1.79. The molecule has 0 aliphatic carbocycles. The molecule has 0 bridgehead atoms. The van der Waals surface area contributed by atoms with Gasteiger partial charge in [-0.1, -0.05) is 11.6 Å². The fourth-order valence-electron chi connectivity index (χ4n) is 2.56. The highest BCUT2D eigenvalue weighted by Crippen LogP contribution is 2.21. The van der Waals surface area contributed by atoms with Crippen molar-refractivity contribution in [3.05, 3.63) is 65.2 Å². The van der Waals surface area contributed by atoms with Gasteiger partial charge < -0.3 is 21.3 Å². The first-order chi connectivity index (χ1) is 13.9. The zero-order valence-corrected chi connectivity index (χ0v) is 16.6. The van der Waals surface area contributed by atoms with Gasteiger partial charge in [0, 0.05) is 29.7 Å². The van der Waals surface area contributed by atoms with Crippen LogP contribution in [0.25, 0.3) is 0 Å². The second kappa shape index (κ2) is 9.20. The van der Waals surface area contributed by atoms with Crippen LogP contribution in [0.1, 0.15) is 12.7 Å². The number of rotatable bonds is 6. The van der Waals surface area contributed by atoms with Crippen LogP contribution in [0.4, 0.5) is 37.9 Å². The number of nitrogens with zero attached hydrogens (tertiary/aromatic N) is 2. The highest BCUT2D eigenvalue weighted by Gasteiger charge is 2.06. The van der Waals surface area contributed by atoms with E-state index in [9.17, 15) is 9.18 Å². The molecule has 0 saturated carbocycles. The lowest BCUT2D eigenvalue weighted by molar-refractivity contribution is 0.262. The fraction of sp³-hybridized carbons (Fsp3) is 0.150. The molecule has 2 amide bonds. The molecule has 1 aromatic heterocycles. The van der Waals surface area contributed by atoms with Gasteiger partial charge in [0.05, 0.1) is 5.02 Å². The molecule has 150 valence electrons. The van der Waals surface area contributed by atoms with E-state index in [0.29, 0.717) is 23.0 Å². The lowest BCUT2D eigenvalue weighted by Gasteiger charge is -2.11. The molecule has 0 radical (unpaired) electrons. The summed E-state index contributed by atoms with van der Waals surface area (Å²) in [5, 5.41) is 11.6. The van der Waals surface area contributed by atoms with Crippen molar-refractivity contribution in [3.63, 3.8) is 0 Å². The van der Waals surface area contributed by atoms with Crippen LogP contribution in [0.2, 0.25) is 5.02 Å². The molecule has 0 aliphatic heterocycles. The lowest BCUT2D eigenvalue weighted by atomic mass is 10.2. The van der Waals surface area contributed by atoms with E-state index in [2.05, 4.69) is 31.2 Å². The van der Waals surface area contributed by atoms with E-state index in [1.54, 1.807) is 12.1 Å². The van der Waals surface area contributed by atoms with Crippen LogP contribution in [0.3, 0.4) is 0 Å². The molecule has 3 aromatic rings. The Labute approximate surface area is 172 Å². The van der Waals surface area contributed by atoms with Gasteiger partial charge in [-0.25, -0.2) is 19.2 Å². The van der Waals surface area contributed by atoms with E-state index in [0.717, 1.165) is 18.1 Å². The number of benzene rings is 2. The third-order valence-electron chi connectivity index (χ3n) is 3.79. The van der Waals surface area contributed by atoms with E-state index >= 15 is 0 Å². The molecule has 4 N–H and O–H groups in total. The van der Waals surface area contributed by atoms with E-state index in [-0.39, 0.29) is 5.02 Å². The highest BCUT2D eigenvalue weighted by atomic mass is 35.5. The Kier molecular flexibility index (Phi) is 6.46. The topological polar surface area (TPSA) is 91.0 Å². The average molecular weight is 415 g/mol. The van der Waals surface area contributed by atoms with Crippen LogP contribution < -0.4 is 21.3 Å². The van der Waals surface area contributed by atoms with Gasteiger partial charge in [-0.3, -0.25) is 0 Å². The van der Waals surface area contributed by atoms with Crippen molar-refractivity contribution < 1.29 is 9.18 Å². The molecule has 1 heterocycles. The summed E-state index contributed by atoms with van der Waals surface area (Å²) in [5.74, 6) is 1.53. The van der Waals surface area contributed by atoms with Gasteiger partial charge in [0.15, 0.2) is 0 Å². The molecule has 0 atom stereocenters. The number of urea groups is 1. The molecule has 3 rings (SSSR count). The van der Waals surface area contributed by atoms with Gasteiger partial charge in [0.25, 0.3) is 0 Å². The number of aryl methyl sites for hydroxylation is 1. The van der Waals surface area contributed by atoms with Crippen molar-refractivity contribution in [1.29, 1.82) is 0 Å². The van der Waals surface area contributed by atoms with Gasteiger partial charge in [-0.15, -0.1) is 0 Å². The predicted octanol–water partition coefficient (Wildman–Crippen LogP) is 5.40. The number of aromatic nitrogens is 2. The number of carbonyl (C=O) groups excluding carboxylic acids is 1. The molecule has 0 aliphatic rings. The molecule has 0 fully saturated rings. The lowest BCUT2D eigenvalue weighted by Crippen LogP contribution is -2.19. The Morgan fingerprint density at radius 2 is 1.59 bits per heavy atom. The first-order valence-electron chi connectivity index (χ1n) is 8.92. The maximum atomic E-state index is 13.2. The van der Waals surface area contributed by atoms with Gasteiger partial charge >= 0.3 is 6.03 Å². The minimum atomic E-state index is -0.544. The zero-order valence-electron chi connectivity index (χ0n) is 15.9. The number of amides is 2. The van der Waals surface area contributed by atoms with E-state index in [1.807, 2.05) is 32.0 Å². The number of halogens is 2. The van der Waals surface area contributed by atoms with Crippen molar-refractivity contribution >= 4 is 46.3 Å². The van der Waals surface area contributed by atoms with Crippen LogP contribution in [0.15, 0.2) is 48.5 Å². The Balaban J connectivity index is 1.61. The Hall–Kier alpha value is -3.39. The summed E-state index contributed by atoms with van der Waals surface area (Å²) in [6, 6.07) is 12.4. The third-order valence-corrected chi connectivity index (χ3v) is 4.08. The molecular formula is C20H20ClFN6O. The third kappa shape index (κ3) is 5.79. The highest BCUT2D eigenvalue weighted by molar-refractivity contribution is 6.31. The maximum Gasteiger partial charge on any atom is 0.323 e. The van der Waals surface area contributed by atoms with Crippen molar-refractivity contribution in [2.24, 2.45) is 0 Å². The van der Waals surface area contributed by atoms with Crippen molar-refractivity contribution in [2.75, 3.05) is 27.8 Å². The van der Waals surface area contributed by atoms with Crippen molar-refractivity contribution in [2.45, 2.75) is 13.8 Å². The monoisotopic (exact) mass is 414 g/mol. The summed E-state index contributed by atoms with van der Waals surface area (Å²) < 4.78 is 13.2. The molecule has 7 nitrogen and oxygen atoms in total. The number of carbonyl (C=O) groups is 1. The Bertz CT molecular complexity index is 1010. The molecule has 2 aromatic carbocycles. The zero-order chi connectivity index (χ0) is 20.8. The maximum absolute atomic E-state index is 13.2. The molecule has 0 unspecified atom stereocenters. The first kappa shape index (κ1) is 20.3. The number of nitrogens with one attached hydrogen (secondary N) is 4. The summed E-state index contributed by atoms with van der Waals surface area (Å²) >= 11 is 5.71. The van der Waals surface area contributed by atoms with Crippen LogP contribution in [0, 0.1) is 12.7 Å². The van der Waals surface area contributed by atoms with Gasteiger partial charge in [-0.05, 0) is 56.3 Å². The van der Waals surface area contributed by atoms with E-state index in [1.165, 1.54) is 18.2 Å². The summed E-state index contributed by atoms with van der Waals surface area (Å²) in [6.07, 6.45) is 0. The second-order valence-corrected chi connectivity index (χ2v) is 6.53. The van der Waals surface area contributed by atoms with Crippen LogP contribution in [-0.4, -0.2) is 22.5 Å². The number of hydrogen-bond acceptors (Lipinski definition) is 5. The van der Waals surface area contributed by atoms with Crippen molar-refractivity contribution in [3.8, 4) is 0 Å². The Morgan fingerprint density at radius 1 is 0.966 bits per heavy atom. The predicted molar refractivity (Wildman–Crippen MR) is 115 cm³/mol. The fourth-order valence-corrected chi connectivity index (χ4v) is 2.74. The molecule has 9 heteroatoms. The molecular weight excluding hydrogens is 395 g/mol. The van der Waals surface area contributed by atoms with Gasteiger partial charge in [0.1, 0.15) is 23.3 Å². The second-order valence-electron chi connectivity index (χ2n) is 6.13. The summed E-state index contributed by atoms with van der Waals surface area (Å²) in [7, 11) is 0. The smallest absolute Gasteiger partial charge is 0.323 e. The van der Waals surface area contributed by atoms with Crippen LogP contribution in [0.5, 0.6) is 0 Å². The minimum absolute atomic E-state index is 0.0597. The first-order valence-corrected chi connectivity index (χ1v) is 9.30. The average Bonchev–Trinajstić information content (AvgIpc) is 2.66. The van der Waals surface area contributed by atoms with Gasteiger partial charge in [0.2, 0.25) is 0 Å². The number of anilines is 5. The summed E-state index contributed by atoms with van der Waals surface area (Å²) in [4.78, 5) is 20.8. The number of hydrogen-bond donors (Lipinski definition) is 4. The quantitative estimate of drug-likeness (QED) is 0.433. The van der Waals surface area contributed by atoms with Gasteiger partial charge in [-0.2, -0.15) is 0 Å². The SMILES string of the molecule is CCNc1cc(Nc2ccc(NC(=O)Nc3ccc(F)c(Cl)c3)cc2)nc(C)n1. The normalized spacial score (nSPS) is 10.3. The van der Waals surface area contributed by atoms with Crippen molar-refractivity contribution in [1.82, 2.24) is 9.97 Å². The van der Waals surface area contributed by atoms with E-state index in [4.69, 9.17) is 11.6 Å². The molecule has 29 heavy (non-hydrogen) atoms. The summed E-state index contributed by atoms with van der Waals surface area (Å²) in [6.45, 7) is 4.59. The van der Waals surface area contributed by atoms with Crippen LogP contribution >= 0.6 is 11.6 Å². The largest absolute Gasteiger partial charge is 0.370 e. The molecule has 0 saturated heterocycles. The Morgan fingerprint density at radius 3 is 2.28 bits per heavy atom. The minimum Gasteiger partial charge on any atom is -0.370 e.